The SMILES string of the molecule is CNC(=O)c1ccc([N+](=O)[O-])c(NC2CC2)c1. The van der Waals surface area contributed by atoms with Crippen LogP contribution in [0.5, 0.6) is 0 Å². The highest BCUT2D eigenvalue weighted by molar-refractivity contribution is 5.95. The molecular weight excluding hydrogens is 222 g/mol. The Hall–Kier alpha value is -2.11. The first kappa shape index (κ1) is 11.4. The molecule has 1 saturated carbocycles. The molecule has 1 aliphatic rings. The maximum Gasteiger partial charge on any atom is 0.292 e. The summed E-state index contributed by atoms with van der Waals surface area (Å²) in [5, 5.41) is 16.4. The van der Waals surface area contributed by atoms with Crippen molar-refractivity contribution in [1.29, 1.82) is 0 Å². The zero-order valence-electron chi connectivity index (χ0n) is 9.40. The molecule has 17 heavy (non-hydrogen) atoms. The summed E-state index contributed by atoms with van der Waals surface area (Å²) in [6.45, 7) is 0. The Bertz CT molecular complexity index is 469. The molecule has 2 rings (SSSR count). The molecule has 0 saturated heterocycles. The van der Waals surface area contributed by atoms with Crippen LogP contribution in [0.4, 0.5) is 11.4 Å². The number of carbonyl (C=O) groups is 1. The summed E-state index contributed by atoms with van der Waals surface area (Å²) in [6, 6.07) is 4.63. The van der Waals surface area contributed by atoms with E-state index in [9.17, 15) is 14.9 Å². The maximum absolute atomic E-state index is 11.4. The molecule has 0 bridgehead atoms. The number of nitro groups is 1. The van der Waals surface area contributed by atoms with Crippen molar-refractivity contribution in [2.75, 3.05) is 12.4 Å². The van der Waals surface area contributed by atoms with Gasteiger partial charge in [-0.05, 0) is 25.0 Å². The van der Waals surface area contributed by atoms with Gasteiger partial charge in [0.2, 0.25) is 0 Å². The van der Waals surface area contributed by atoms with Crippen molar-refractivity contribution in [3.8, 4) is 0 Å². The number of hydrogen-bond donors (Lipinski definition) is 2. The Morgan fingerprint density at radius 3 is 2.71 bits per heavy atom. The van der Waals surface area contributed by atoms with E-state index in [1.807, 2.05) is 0 Å². The molecule has 1 amide bonds. The van der Waals surface area contributed by atoms with Crippen molar-refractivity contribution < 1.29 is 9.72 Å². The number of anilines is 1. The largest absolute Gasteiger partial charge is 0.377 e. The molecule has 6 nitrogen and oxygen atoms in total. The monoisotopic (exact) mass is 235 g/mol. The Morgan fingerprint density at radius 2 is 2.18 bits per heavy atom. The molecule has 1 aliphatic carbocycles. The van der Waals surface area contributed by atoms with E-state index in [4.69, 9.17) is 0 Å². The molecule has 90 valence electrons. The number of amides is 1. The molecule has 1 aromatic rings. The van der Waals surface area contributed by atoms with E-state index in [2.05, 4.69) is 10.6 Å². The minimum atomic E-state index is -0.446. The zero-order chi connectivity index (χ0) is 12.4. The Morgan fingerprint density at radius 1 is 1.47 bits per heavy atom. The number of rotatable bonds is 4. The molecule has 6 heteroatoms. The maximum atomic E-state index is 11.4. The summed E-state index contributed by atoms with van der Waals surface area (Å²) >= 11 is 0. The predicted molar refractivity (Wildman–Crippen MR) is 63.1 cm³/mol. The standard InChI is InChI=1S/C11H13N3O3/c1-12-11(15)7-2-5-10(14(16)17)9(6-7)13-8-3-4-8/h2,5-6,8,13H,3-4H2,1H3,(H,12,15). The summed E-state index contributed by atoms with van der Waals surface area (Å²) < 4.78 is 0. The van der Waals surface area contributed by atoms with Crippen molar-refractivity contribution in [2.45, 2.75) is 18.9 Å². The first-order valence-electron chi connectivity index (χ1n) is 5.39. The third-order valence-corrected chi connectivity index (χ3v) is 2.62. The van der Waals surface area contributed by atoms with Crippen LogP contribution in [0.1, 0.15) is 23.2 Å². The van der Waals surface area contributed by atoms with Gasteiger partial charge in [0.05, 0.1) is 4.92 Å². The Kier molecular flexibility index (Phi) is 2.95. The molecule has 0 radical (unpaired) electrons. The zero-order valence-corrected chi connectivity index (χ0v) is 9.40. The second-order valence-corrected chi connectivity index (χ2v) is 3.99. The molecule has 0 heterocycles. The molecule has 1 fully saturated rings. The van der Waals surface area contributed by atoms with E-state index in [0.717, 1.165) is 12.8 Å². The number of nitrogens with one attached hydrogen (secondary N) is 2. The van der Waals surface area contributed by atoms with E-state index in [0.29, 0.717) is 17.3 Å². The first-order valence-corrected chi connectivity index (χ1v) is 5.39. The number of benzene rings is 1. The highest BCUT2D eigenvalue weighted by Crippen LogP contribution is 2.31. The van der Waals surface area contributed by atoms with Crippen molar-refractivity contribution in [1.82, 2.24) is 5.32 Å². The summed E-state index contributed by atoms with van der Waals surface area (Å²) in [6.07, 6.45) is 2.03. The van der Waals surface area contributed by atoms with E-state index in [1.54, 1.807) is 0 Å². The highest BCUT2D eigenvalue weighted by atomic mass is 16.6. The van der Waals surface area contributed by atoms with Crippen molar-refractivity contribution in [2.24, 2.45) is 0 Å². The van der Waals surface area contributed by atoms with Crippen molar-refractivity contribution in [3.63, 3.8) is 0 Å². The second-order valence-electron chi connectivity index (χ2n) is 3.99. The average molecular weight is 235 g/mol. The topological polar surface area (TPSA) is 84.3 Å². The highest BCUT2D eigenvalue weighted by Gasteiger charge is 2.25. The van der Waals surface area contributed by atoms with Crippen LogP contribution < -0.4 is 10.6 Å². The third kappa shape index (κ3) is 2.52. The van der Waals surface area contributed by atoms with E-state index in [1.165, 1.54) is 25.2 Å². The predicted octanol–water partition coefficient (Wildman–Crippen LogP) is 1.53. The molecule has 0 spiro atoms. The summed E-state index contributed by atoms with van der Waals surface area (Å²) in [7, 11) is 1.53. The van der Waals surface area contributed by atoms with Crippen molar-refractivity contribution in [3.05, 3.63) is 33.9 Å². The third-order valence-electron chi connectivity index (χ3n) is 2.62. The average Bonchev–Trinajstić information content (AvgIpc) is 3.11. The molecule has 0 atom stereocenters. The van der Waals surface area contributed by atoms with Crippen LogP contribution in [0.15, 0.2) is 18.2 Å². The molecular formula is C11H13N3O3. The van der Waals surface area contributed by atoms with Crippen LogP contribution >= 0.6 is 0 Å². The number of nitrogens with zero attached hydrogens (tertiary/aromatic N) is 1. The van der Waals surface area contributed by atoms with Gasteiger partial charge in [-0.25, -0.2) is 0 Å². The minimum Gasteiger partial charge on any atom is -0.377 e. The second kappa shape index (κ2) is 4.40. The summed E-state index contributed by atoms with van der Waals surface area (Å²) in [4.78, 5) is 21.8. The van der Waals surface area contributed by atoms with Gasteiger partial charge in [0, 0.05) is 24.7 Å². The van der Waals surface area contributed by atoms with E-state index < -0.39 is 4.92 Å². The fourth-order valence-corrected chi connectivity index (χ4v) is 1.54. The smallest absolute Gasteiger partial charge is 0.292 e. The van der Waals surface area contributed by atoms with Crippen molar-refractivity contribution >= 4 is 17.3 Å². The summed E-state index contributed by atoms with van der Waals surface area (Å²) in [5.41, 5.74) is 0.837. The van der Waals surface area contributed by atoms with Crippen LogP contribution in [-0.4, -0.2) is 23.9 Å². The Labute approximate surface area is 98.2 Å². The van der Waals surface area contributed by atoms with Crippen LogP contribution in [-0.2, 0) is 0 Å². The van der Waals surface area contributed by atoms with Crippen LogP contribution in [0.25, 0.3) is 0 Å². The van der Waals surface area contributed by atoms with Gasteiger partial charge in [0.25, 0.3) is 11.6 Å². The lowest BCUT2D eigenvalue weighted by Gasteiger charge is -2.07. The minimum absolute atomic E-state index is 0.00422. The van der Waals surface area contributed by atoms with Gasteiger partial charge < -0.3 is 10.6 Å². The quantitative estimate of drug-likeness (QED) is 0.612. The van der Waals surface area contributed by atoms with Gasteiger partial charge in [0.15, 0.2) is 0 Å². The van der Waals surface area contributed by atoms with Crippen LogP contribution in [0, 0.1) is 10.1 Å². The van der Waals surface area contributed by atoms with Crippen LogP contribution in [0.2, 0.25) is 0 Å². The lowest BCUT2D eigenvalue weighted by atomic mass is 10.1. The fourth-order valence-electron chi connectivity index (χ4n) is 1.54. The molecule has 2 N–H and O–H groups in total. The Balaban J connectivity index is 2.34. The number of nitro benzene ring substituents is 1. The molecule has 0 unspecified atom stereocenters. The van der Waals surface area contributed by atoms with Gasteiger partial charge in [0.1, 0.15) is 5.69 Å². The lowest BCUT2D eigenvalue weighted by molar-refractivity contribution is -0.384. The lowest BCUT2D eigenvalue weighted by Crippen LogP contribution is -2.18. The van der Waals surface area contributed by atoms with Gasteiger partial charge >= 0.3 is 0 Å². The summed E-state index contributed by atoms with van der Waals surface area (Å²) in [5.74, 6) is -0.251. The van der Waals surface area contributed by atoms with E-state index in [-0.39, 0.29) is 11.6 Å². The van der Waals surface area contributed by atoms with Crippen LogP contribution in [0.3, 0.4) is 0 Å². The molecule has 1 aromatic carbocycles. The first-order chi connectivity index (χ1) is 8.11. The van der Waals surface area contributed by atoms with E-state index >= 15 is 0 Å². The fraction of sp³-hybridized carbons (Fsp3) is 0.364. The van der Waals surface area contributed by atoms with Gasteiger partial charge in [-0.3, -0.25) is 14.9 Å². The number of carbonyl (C=O) groups excluding carboxylic acids is 1. The van der Waals surface area contributed by atoms with Gasteiger partial charge in [-0.2, -0.15) is 0 Å². The van der Waals surface area contributed by atoms with Gasteiger partial charge in [-0.15, -0.1) is 0 Å². The normalized spacial score (nSPS) is 14.2. The number of hydrogen-bond acceptors (Lipinski definition) is 4. The van der Waals surface area contributed by atoms with Gasteiger partial charge in [-0.1, -0.05) is 0 Å². The molecule has 0 aliphatic heterocycles. The molecule has 0 aromatic heterocycles.